The predicted molar refractivity (Wildman–Crippen MR) is 151 cm³/mol. The topological polar surface area (TPSA) is 159 Å². The van der Waals surface area contributed by atoms with Gasteiger partial charge in [0.15, 0.2) is 17.0 Å². The molecule has 4 rings (SSSR count). The molecule has 1 aliphatic heterocycles. The van der Waals surface area contributed by atoms with Gasteiger partial charge in [-0.3, -0.25) is 14.4 Å². The van der Waals surface area contributed by atoms with E-state index < -0.39 is 29.8 Å². The molecular weight excluding hydrogens is 640 g/mol. The van der Waals surface area contributed by atoms with Crippen LogP contribution in [0.25, 0.3) is 11.2 Å². The summed E-state index contributed by atoms with van der Waals surface area (Å²) in [6, 6.07) is 2.64. The van der Waals surface area contributed by atoms with Gasteiger partial charge in [-0.15, -0.1) is 0 Å². The number of anilines is 3. The number of piperazine rings is 1. The zero-order valence-corrected chi connectivity index (χ0v) is 24.3. The summed E-state index contributed by atoms with van der Waals surface area (Å²) in [6.07, 6.45) is -7.99. The number of pyridine rings is 1. The summed E-state index contributed by atoms with van der Waals surface area (Å²) in [5.41, 5.74) is -0.256. The van der Waals surface area contributed by atoms with Gasteiger partial charge in [0.25, 0.3) is 0 Å². The number of benzene rings is 1. The zero-order chi connectivity index (χ0) is 33.7. The molecule has 2 aromatic heterocycles. The fourth-order valence-electron chi connectivity index (χ4n) is 4.34. The van der Waals surface area contributed by atoms with Crippen LogP contribution in [0.2, 0.25) is 5.02 Å². The Labute approximate surface area is 255 Å². The summed E-state index contributed by atoms with van der Waals surface area (Å²) in [6.45, 7) is 5.25. The maximum Gasteiger partial charge on any atom is 0.490 e. The van der Waals surface area contributed by atoms with E-state index in [0.29, 0.717) is 44.0 Å². The Balaban J connectivity index is 0.000000707. The Hall–Kier alpha value is -4.45. The lowest BCUT2D eigenvalue weighted by Crippen LogP contribution is -2.46. The zero-order valence-electron chi connectivity index (χ0n) is 23.6. The Morgan fingerprint density at radius 2 is 1.71 bits per heavy atom. The van der Waals surface area contributed by atoms with E-state index in [1.54, 1.807) is 4.57 Å². The highest BCUT2D eigenvalue weighted by Crippen LogP contribution is 2.34. The largest absolute Gasteiger partial charge is 0.490 e. The van der Waals surface area contributed by atoms with Crippen LogP contribution < -0.4 is 26.3 Å². The van der Waals surface area contributed by atoms with Crippen molar-refractivity contribution < 1.29 is 45.8 Å². The van der Waals surface area contributed by atoms with Crippen LogP contribution in [0.1, 0.15) is 25.1 Å². The molecule has 3 heterocycles. The monoisotopic (exact) mass is 665 g/mol. The molecule has 244 valence electrons. The number of carboxylic acids is 1. The van der Waals surface area contributed by atoms with E-state index in [4.69, 9.17) is 21.5 Å². The van der Waals surface area contributed by atoms with Gasteiger partial charge >= 0.3 is 18.3 Å². The van der Waals surface area contributed by atoms with Crippen molar-refractivity contribution in [2.24, 2.45) is 0 Å². The van der Waals surface area contributed by atoms with Gasteiger partial charge < -0.3 is 30.5 Å². The summed E-state index contributed by atoms with van der Waals surface area (Å²) in [5, 5.41) is 15.1. The summed E-state index contributed by atoms with van der Waals surface area (Å²) in [4.78, 5) is 57.7. The normalized spacial score (nSPS) is 13.6. The SMILES string of the molecule is CCc1c(N2CCNCC2)c(=O)c2nc(NC(C)=O)cnc2n1CC(=O)Nc1ccc(C(F)(F)F)cc1Cl.O=C(O)C(F)(F)F. The smallest absolute Gasteiger partial charge is 0.475 e. The van der Waals surface area contributed by atoms with Crippen LogP contribution in [0.4, 0.5) is 43.5 Å². The second-order valence-electron chi connectivity index (χ2n) is 9.45. The number of carboxylic acid groups (broad SMARTS) is 1. The van der Waals surface area contributed by atoms with Crippen molar-refractivity contribution in [1.29, 1.82) is 0 Å². The number of hydrogen-bond donors (Lipinski definition) is 4. The molecule has 0 unspecified atom stereocenters. The number of amides is 2. The fraction of sp³-hybridized carbons (Fsp3) is 0.385. The summed E-state index contributed by atoms with van der Waals surface area (Å²) in [5.74, 6) is -3.65. The molecule has 0 bridgehead atoms. The first-order valence-electron chi connectivity index (χ1n) is 13.1. The van der Waals surface area contributed by atoms with Crippen LogP contribution in [-0.2, 0) is 33.5 Å². The van der Waals surface area contributed by atoms with Gasteiger partial charge in [-0.2, -0.15) is 26.3 Å². The van der Waals surface area contributed by atoms with E-state index in [0.717, 1.165) is 18.2 Å². The summed E-state index contributed by atoms with van der Waals surface area (Å²) < 4.78 is 72.3. The number of carbonyl (C=O) groups excluding carboxylic acids is 2. The van der Waals surface area contributed by atoms with Crippen molar-refractivity contribution in [3.8, 4) is 0 Å². The van der Waals surface area contributed by atoms with E-state index in [1.165, 1.54) is 13.1 Å². The highest BCUT2D eigenvalue weighted by atomic mass is 35.5. The molecule has 0 spiro atoms. The minimum Gasteiger partial charge on any atom is -0.475 e. The number of alkyl halides is 6. The van der Waals surface area contributed by atoms with E-state index in [2.05, 4.69) is 25.9 Å². The van der Waals surface area contributed by atoms with Gasteiger partial charge in [-0.25, -0.2) is 14.8 Å². The van der Waals surface area contributed by atoms with Crippen molar-refractivity contribution in [2.75, 3.05) is 41.7 Å². The van der Waals surface area contributed by atoms with Crippen molar-refractivity contribution in [2.45, 2.75) is 39.2 Å². The molecular formula is C26H26ClF6N7O5. The Bertz CT molecular complexity index is 1660. The highest BCUT2D eigenvalue weighted by Gasteiger charge is 2.38. The summed E-state index contributed by atoms with van der Waals surface area (Å²) >= 11 is 6.01. The third kappa shape index (κ3) is 8.81. The molecule has 0 radical (unpaired) electrons. The lowest BCUT2D eigenvalue weighted by molar-refractivity contribution is -0.192. The molecule has 1 aromatic carbocycles. The average Bonchev–Trinajstić information content (AvgIpc) is 2.94. The molecule has 0 atom stereocenters. The molecule has 3 aromatic rings. The average molecular weight is 666 g/mol. The Kier molecular flexibility index (Phi) is 11.0. The van der Waals surface area contributed by atoms with E-state index in [9.17, 15) is 40.7 Å². The number of halogens is 7. The molecule has 2 amide bonds. The molecule has 1 aliphatic rings. The van der Waals surface area contributed by atoms with Crippen LogP contribution in [0.5, 0.6) is 0 Å². The van der Waals surface area contributed by atoms with Crippen LogP contribution in [0.15, 0.2) is 29.2 Å². The van der Waals surface area contributed by atoms with Crippen molar-refractivity contribution in [1.82, 2.24) is 19.9 Å². The number of aromatic nitrogens is 3. The second-order valence-corrected chi connectivity index (χ2v) is 9.86. The Morgan fingerprint density at radius 1 is 1.09 bits per heavy atom. The molecule has 19 heteroatoms. The van der Waals surface area contributed by atoms with E-state index >= 15 is 0 Å². The fourth-order valence-corrected chi connectivity index (χ4v) is 4.57. The number of nitrogens with one attached hydrogen (secondary N) is 3. The first-order chi connectivity index (χ1) is 20.9. The minimum atomic E-state index is -5.08. The van der Waals surface area contributed by atoms with Crippen molar-refractivity contribution >= 4 is 57.7 Å². The molecule has 4 N–H and O–H groups in total. The van der Waals surface area contributed by atoms with Crippen molar-refractivity contribution in [3.63, 3.8) is 0 Å². The quantitative estimate of drug-likeness (QED) is 0.288. The standard InChI is InChI=1S/C24H25ClF3N7O3.C2HF3O2/c1-3-17-21(34-8-6-29-7-9-34)22(38)20-23(30-11-18(33-20)31-13(2)36)35(17)12-19(37)32-16-5-4-14(10-15(16)25)24(26,27)28;3-2(4,5)1(6)7/h4-5,10-11,29H,3,6-9,12H2,1-2H3,(H,32,37)(H,31,33,36);(H,6,7). The number of rotatable bonds is 6. The van der Waals surface area contributed by atoms with Crippen LogP contribution >= 0.6 is 11.6 Å². The predicted octanol–water partition coefficient (Wildman–Crippen LogP) is 3.67. The second kappa shape index (κ2) is 14.1. The molecule has 1 saturated heterocycles. The first kappa shape index (κ1) is 35.0. The van der Waals surface area contributed by atoms with Crippen LogP contribution in [0.3, 0.4) is 0 Å². The Morgan fingerprint density at radius 3 is 2.22 bits per heavy atom. The molecule has 12 nitrogen and oxygen atoms in total. The number of aliphatic carboxylic acids is 1. The molecule has 0 saturated carbocycles. The molecule has 45 heavy (non-hydrogen) atoms. The van der Waals surface area contributed by atoms with E-state index in [-0.39, 0.29) is 45.6 Å². The van der Waals surface area contributed by atoms with Gasteiger partial charge in [0.1, 0.15) is 12.2 Å². The van der Waals surface area contributed by atoms with Gasteiger partial charge in [0, 0.05) is 38.8 Å². The van der Waals surface area contributed by atoms with Crippen molar-refractivity contribution in [3.05, 3.63) is 50.9 Å². The number of hydrogen-bond acceptors (Lipinski definition) is 8. The van der Waals surface area contributed by atoms with Crippen LogP contribution in [-0.4, -0.2) is 69.8 Å². The summed E-state index contributed by atoms with van der Waals surface area (Å²) in [7, 11) is 0. The first-order valence-corrected chi connectivity index (χ1v) is 13.4. The maximum absolute atomic E-state index is 13.6. The highest BCUT2D eigenvalue weighted by molar-refractivity contribution is 6.33. The van der Waals surface area contributed by atoms with Gasteiger partial charge in [-0.05, 0) is 24.6 Å². The van der Waals surface area contributed by atoms with Gasteiger partial charge in [-0.1, -0.05) is 18.5 Å². The number of carbonyl (C=O) groups is 3. The third-order valence-corrected chi connectivity index (χ3v) is 6.54. The van der Waals surface area contributed by atoms with Crippen LogP contribution in [0, 0.1) is 0 Å². The van der Waals surface area contributed by atoms with E-state index in [1.807, 2.05) is 11.8 Å². The lowest BCUT2D eigenvalue weighted by Gasteiger charge is -2.31. The lowest BCUT2D eigenvalue weighted by atomic mass is 10.1. The molecule has 1 fully saturated rings. The number of nitrogens with zero attached hydrogens (tertiary/aromatic N) is 4. The number of fused-ring (bicyclic) bond motifs is 1. The maximum atomic E-state index is 13.6. The third-order valence-electron chi connectivity index (χ3n) is 6.23. The van der Waals surface area contributed by atoms with Gasteiger partial charge in [0.2, 0.25) is 17.2 Å². The molecule has 0 aliphatic carbocycles. The van der Waals surface area contributed by atoms with Gasteiger partial charge in [0.05, 0.1) is 22.5 Å². The minimum absolute atomic E-state index is 0.00872.